The van der Waals surface area contributed by atoms with Crippen molar-refractivity contribution in [3.8, 4) is 5.75 Å². The molecule has 1 aromatic carbocycles. The third-order valence-corrected chi connectivity index (χ3v) is 4.51. The van der Waals surface area contributed by atoms with Gasteiger partial charge in [-0.2, -0.15) is 0 Å². The van der Waals surface area contributed by atoms with E-state index >= 15 is 0 Å². The Morgan fingerprint density at radius 2 is 2.21 bits per heavy atom. The number of hydrogen-bond acceptors (Lipinski definition) is 3. The van der Waals surface area contributed by atoms with Crippen LogP contribution in [-0.4, -0.2) is 46.5 Å². The van der Waals surface area contributed by atoms with Gasteiger partial charge in [0.2, 0.25) is 5.91 Å². The van der Waals surface area contributed by atoms with Crippen LogP contribution in [0.2, 0.25) is 0 Å². The first-order valence-electron chi connectivity index (χ1n) is 6.63. The number of piperazine rings is 1. The molecule has 102 valence electrons. The second kappa shape index (κ2) is 5.13. The standard InChI is InChI=1S/C14H17BrN2O2/c15-11-1-3-13(18)10(7-11)8-16-5-6-17-12(9-16)2-4-14(17)19/h1,3,7,12,18H,2,4-6,8-9H2. The number of phenolic OH excluding ortho intramolecular Hbond substituents is 1. The fourth-order valence-corrected chi connectivity index (χ4v) is 3.40. The van der Waals surface area contributed by atoms with Gasteiger partial charge in [0.1, 0.15) is 5.75 Å². The summed E-state index contributed by atoms with van der Waals surface area (Å²) in [4.78, 5) is 16.0. The molecule has 2 aliphatic heterocycles. The van der Waals surface area contributed by atoms with Crippen molar-refractivity contribution in [2.75, 3.05) is 19.6 Å². The summed E-state index contributed by atoms with van der Waals surface area (Å²) in [6.45, 7) is 3.36. The van der Waals surface area contributed by atoms with Crippen molar-refractivity contribution in [1.29, 1.82) is 0 Å². The van der Waals surface area contributed by atoms with Gasteiger partial charge >= 0.3 is 0 Å². The number of rotatable bonds is 2. The number of halogens is 1. The van der Waals surface area contributed by atoms with Crippen molar-refractivity contribution < 1.29 is 9.90 Å². The molecule has 1 amide bonds. The summed E-state index contributed by atoms with van der Waals surface area (Å²) in [5.41, 5.74) is 0.937. The maximum absolute atomic E-state index is 11.6. The number of benzene rings is 1. The second-order valence-corrected chi connectivity index (χ2v) is 6.20. The predicted octanol–water partition coefficient (Wildman–Crippen LogP) is 1.96. The molecule has 3 rings (SSSR count). The molecule has 2 aliphatic rings. The smallest absolute Gasteiger partial charge is 0.222 e. The van der Waals surface area contributed by atoms with Crippen LogP contribution >= 0.6 is 15.9 Å². The molecule has 5 heteroatoms. The van der Waals surface area contributed by atoms with E-state index in [0.29, 0.717) is 24.1 Å². The Hall–Kier alpha value is -1.07. The largest absolute Gasteiger partial charge is 0.508 e. The van der Waals surface area contributed by atoms with Crippen LogP contribution in [0.15, 0.2) is 22.7 Å². The third kappa shape index (κ3) is 2.62. The molecule has 1 N–H and O–H groups in total. The van der Waals surface area contributed by atoms with Gasteiger partial charge < -0.3 is 10.0 Å². The monoisotopic (exact) mass is 324 g/mol. The molecule has 1 aromatic rings. The molecule has 2 fully saturated rings. The van der Waals surface area contributed by atoms with Gasteiger partial charge in [-0.3, -0.25) is 9.69 Å². The molecule has 1 atom stereocenters. The Kier molecular flexibility index (Phi) is 3.50. The molecular weight excluding hydrogens is 308 g/mol. The van der Waals surface area contributed by atoms with E-state index in [2.05, 4.69) is 20.8 Å². The quantitative estimate of drug-likeness (QED) is 0.904. The lowest BCUT2D eigenvalue weighted by Gasteiger charge is -2.37. The Bertz CT molecular complexity index is 506. The Balaban J connectivity index is 1.68. The van der Waals surface area contributed by atoms with E-state index in [9.17, 15) is 9.90 Å². The fourth-order valence-electron chi connectivity index (χ4n) is 2.99. The highest BCUT2D eigenvalue weighted by Gasteiger charge is 2.35. The number of nitrogens with zero attached hydrogens (tertiary/aromatic N) is 2. The zero-order valence-electron chi connectivity index (χ0n) is 10.7. The Labute approximate surface area is 121 Å². The van der Waals surface area contributed by atoms with Crippen LogP contribution < -0.4 is 0 Å². The second-order valence-electron chi connectivity index (χ2n) is 5.29. The molecule has 4 nitrogen and oxygen atoms in total. The van der Waals surface area contributed by atoms with Gasteiger partial charge in [-0.1, -0.05) is 15.9 Å². The molecule has 0 spiro atoms. The van der Waals surface area contributed by atoms with E-state index in [-0.39, 0.29) is 0 Å². The average Bonchev–Trinajstić information content (AvgIpc) is 2.75. The van der Waals surface area contributed by atoms with Gasteiger partial charge in [0.15, 0.2) is 0 Å². The normalized spacial score (nSPS) is 23.7. The van der Waals surface area contributed by atoms with Crippen LogP contribution in [0.4, 0.5) is 0 Å². The van der Waals surface area contributed by atoms with Crippen LogP contribution in [0.3, 0.4) is 0 Å². The highest BCUT2D eigenvalue weighted by atomic mass is 79.9. The van der Waals surface area contributed by atoms with E-state index < -0.39 is 0 Å². The van der Waals surface area contributed by atoms with E-state index in [1.807, 2.05) is 17.0 Å². The summed E-state index contributed by atoms with van der Waals surface area (Å²) in [7, 11) is 0. The van der Waals surface area contributed by atoms with Crippen LogP contribution in [-0.2, 0) is 11.3 Å². The van der Waals surface area contributed by atoms with Crippen molar-refractivity contribution in [3.05, 3.63) is 28.2 Å². The third-order valence-electron chi connectivity index (χ3n) is 4.01. The van der Waals surface area contributed by atoms with Gasteiger partial charge in [0.05, 0.1) is 0 Å². The topological polar surface area (TPSA) is 43.8 Å². The Morgan fingerprint density at radius 3 is 3.05 bits per heavy atom. The van der Waals surface area contributed by atoms with Crippen molar-refractivity contribution in [3.63, 3.8) is 0 Å². The molecule has 1 unspecified atom stereocenters. The lowest BCUT2D eigenvalue weighted by atomic mass is 10.1. The van der Waals surface area contributed by atoms with Gasteiger partial charge in [-0.15, -0.1) is 0 Å². The van der Waals surface area contributed by atoms with Gasteiger partial charge in [-0.05, 0) is 24.6 Å². The minimum absolute atomic E-state index is 0.301. The highest BCUT2D eigenvalue weighted by Crippen LogP contribution is 2.27. The van der Waals surface area contributed by atoms with Crippen molar-refractivity contribution >= 4 is 21.8 Å². The molecule has 0 aromatic heterocycles. The van der Waals surface area contributed by atoms with Crippen LogP contribution in [0, 0.1) is 0 Å². The Morgan fingerprint density at radius 1 is 1.37 bits per heavy atom. The number of carbonyl (C=O) groups is 1. The summed E-state index contributed by atoms with van der Waals surface area (Å²) in [6, 6.07) is 5.89. The molecule has 2 heterocycles. The molecule has 0 saturated carbocycles. The van der Waals surface area contributed by atoms with Crippen LogP contribution in [0.5, 0.6) is 5.75 Å². The van der Waals surface area contributed by atoms with Crippen molar-refractivity contribution in [2.45, 2.75) is 25.4 Å². The molecule has 19 heavy (non-hydrogen) atoms. The van der Waals surface area contributed by atoms with E-state index in [4.69, 9.17) is 0 Å². The van der Waals surface area contributed by atoms with Gasteiger partial charge in [0, 0.05) is 48.7 Å². The molecule has 0 radical (unpaired) electrons. The maximum atomic E-state index is 11.6. The minimum atomic E-state index is 0.301. The highest BCUT2D eigenvalue weighted by molar-refractivity contribution is 9.10. The van der Waals surface area contributed by atoms with Crippen molar-refractivity contribution in [1.82, 2.24) is 9.80 Å². The molecule has 0 aliphatic carbocycles. The fraction of sp³-hybridized carbons (Fsp3) is 0.500. The van der Waals surface area contributed by atoms with Crippen LogP contribution in [0.1, 0.15) is 18.4 Å². The van der Waals surface area contributed by atoms with Gasteiger partial charge in [-0.25, -0.2) is 0 Å². The minimum Gasteiger partial charge on any atom is -0.508 e. The van der Waals surface area contributed by atoms with Crippen molar-refractivity contribution in [2.24, 2.45) is 0 Å². The van der Waals surface area contributed by atoms with Crippen LogP contribution in [0.25, 0.3) is 0 Å². The lowest BCUT2D eigenvalue weighted by molar-refractivity contribution is -0.130. The first-order valence-corrected chi connectivity index (χ1v) is 7.42. The number of carbonyl (C=O) groups excluding carboxylic acids is 1. The summed E-state index contributed by atoms with van der Waals surface area (Å²) in [5, 5.41) is 9.88. The number of phenols is 1. The molecule has 2 saturated heterocycles. The zero-order valence-corrected chi connectivity index (χ0v) is 12.3. The molecular formula is C14H17BrN2O2. The summed E-state index contributed by atoms with van der Waals surface area (Å²) >= 11 is 3.43. The number of aromatic hydroxyl groups is 1. The number of amides is 1. The number of hydrogen-bond donors (Lipinski definition) is 1. The summed E-state index contributed by atoms with van der Waals surface area (Å²) in [5.74, 6) is 0.642. The predicted molar refractivity (Wildman–Crippen MR) is 75.8 cm³/mol. The SMILES string of the molecule is O=C1CCC2CN(Cc3cc(Br)ccc3O)CCN12. The van der Waals surface area contributed by atoms with E-state index in [0.717, 1.165) is 42.6 Å². The summed E-state index contributed by atoms with van der Waals surface area (Å²) < 4.78 is 0.981. The zero-order chi connectivity index (χ0) is 13.4. The van der Waals surface area contributed by atoms with E-state index in [1.54, 1.807) is 6.07 Å². The van der Waals surface area contributed by atoms with Gasteiger partial charge in [0.25, 0.3) is 0 Å². The lowest BCUT2D eigenvalue weighted by Crippen LogP contribution is -2.50. The number of fused-ring (bicyclic) bond motifs is 1. The van der Waals surface area contributed by atoms with E-state index in [1.165, 1.54) is 0 Å². The summed E-state index contributed by atoms with van der Waals surface area (Å²) in [6.07, 6.45) is 1.67. The average molecular weight is 325 g/mol. The first-order chi connectivity index (χ1) is 9.13. The maximum Gasteiger partial charge on any atom is 0.222 e. The molecule has 0 bridgehead atoms. The first kappa shape index (κ1) is 12.9.